The van der Waals surface area contributed by atoms with Crippen LogP contribution in [0.25, 0.3) is 0 Å². The van der Waals surface area contributed by atoms with E-state index in [0.717, 1.165) is 23.5 Å². The third kappa shape index (κ3) is 3.78. The zero-order valence-corrected chi connectivity index (χ0v) is 11.1. The van der Waals surface area contributed by atoms with Gasteiger partial charge in [-0.1, -0.05) is 11.2 Å². The standard InChI is InChI=1S/C12H8F3N3O2S/c13-12(14,15)7-2-1-3-8(4-7)20-18-9(5-19)10-6-21-11(16)17-10/h1-6H,(H2,16,17). The molecule has 0 saturated carbocycles. The van der Waals surface area contributed by atoms with Crippen LogP contribution in [0.4, 0.5) is 18.3 Å². The summed E-state index contributed by atoms with van der Waals surface area (Å²) in [6, 6.07) is 4.14. The Morgan fingerprint density at radius 2 is 2.19 bits per heavy atom. The van der Waals surface area contributed by atoms with Crippen molar-refractivity contribution in [3.63, 3.8) is 0 Å². The molecule has 0 radical (unpaired) electrons. The molecule has 2 aromatic rings. The zero-order valence-electron chi connectivity index (χ0n) is 10.3. The highest BCUT2D eigenvalue weighted by molar-refractivity contribution is 7.13. The van der Waals surface area contributed by atoms with Gasteiger partial charge < -0.3 is 10.6 Å². The normalized spacial score (nSPS) is 12.2. The van der Waals surface area contributed by atoms with Crippen LogP contribution in [0, 0.1) is 0 Å². The molecule has 5 nitrogen and oxygen atoms in total. The van der Waals surface area contributed by atoms with E-state index >= 15 is 0 Å². The van der Waals surface area contributed by atoms with Crippen LogP contribution < -0.4 is 10.6 Å². The summed E-state index contributed by atoms with van der Waals surface area (Å²) in [5, 5.41) is 5.21. The van der Waals surface area contributed by atoms with Gasteiger partial charge in [0.15, 0.2) is 22.9 Å². The summed E-state index contributed by atoms with van der Waals surface area (Å²) >= 11 is 1.10. The molecular formula is C12H8F3N3O2S. The number of nitrogen functional groups attached to an aromatic ring is 1. The maximum absolute atomic E-state index is 12.5. The minimum atomic E-state index is -4.49. The zero-order chi connectivity index (χ0) is 15.5. The smallest absolute Gasteiger partial charge is 0.375 e. The first kappa shape index (κ1) is 15.0. The maximum Gasteiger partial charge on any atom is 0.416 e. The highest BCUT2D eigenvalue weighted by Gasteiger charge is 2.30. The number of benzene rings is 1. The lowest BCUT2D eigenvalue weighted by Crippen LogP contribution is -2.07. The Morgan fingerprint density at radius 1 is 1.43 bits per heavy atom. The molecule has 0 aliphatic carbocycles. The number of aldehydes is 1. The SMILES string of the molecule is Nc1nc(C(C=O)=NOc2cccc(C(F)(F)F)c2)cs1. The number of hydrogen-bond acceptors (Lipinski definition) is 6. The van der Waals surface area contributed by atoms with Crippen molar-refractivity contribution >= 4 is 28.5 Å². The molecule has 9 heteroatoms. The van der Waals surface area contributed by atoms with E-state index in [1.54, 1.807) is 0 Å². The van der Waals surface area contributed by atoms with Crippen molar-refractivity contribution in [1.82, 2.24) is 4.98 Å². The fourth-order valence-corrected chi connectivity index (χ4v) is 1.92. The van der Waals surface area contributed by atoms with E-state index in [0.29, 0.717) is 6.29 Å². The van der Waals surface area contributed by atoms with Gasteiger partial charge in [0.2, 0.25) is 0 Å². The topological polar surface area (TPSA) is 77.6 Å². The van der Waals surface area contributed by atoms with Crippen molar-refractivity contribution in [2.24, 2.45) is 5.16 Å². The van der Waals surface area contributed by atoms with Crippen molar-refractivity contribution in [1.29, 1.82) is 0 Å². The Balaban J connectivity index is 2.21. The molecule has 2 rings (SSSR count). The Kier molecular flexibility index (Phi) is 4.22. The number of oxime groups is 1. The third-order valence-corrected chi connectivity index (χ3v) is 2.98. The summed E-state index contributed by atoms with van der Waals surface area (Å²) in [7, 11) is 0. The largest absolute Gasteiger partial charge is 0.416 e. The van der Waals surface area contributed by atoms with Crippen LogP contribution in [0.15, 0.2) is 34.8 Å². The van der Waals surface area contributed by atoms with E-state index in [-0.39, 0.29) is 22.3 Å². The van der Waals surface area contributed by atoms with Crippen LogP contribution in [-0.4, -0.2) is 17.0 Å². The van der Waals surface area contributed by atoms with Gasteiger partial charge >= 0.3 is 6.18 Å². The number of hydrogen-bond donors (Lipinski definition) is 1. The summed E-state index contributed by atoms with van der Waals surface area (Å²) in [5.41, 5.74) is 4.57. The molecule has 1 aromatic heterocycles. The summed E-state index contributed by atoms with van der Waals surface area (Å²) in [5.74, 6) is -0.146. The van der Waals surface area contributed by atoms with Crippen LogP contribution in [0.5, 0.6) is 5.75 Å². The number of nitrogens with zero attached hydrogens (tertiary/aromatic N) is 2. The Bertz CT molecular complexity index is 682. The lowest BCUT2D eigenvalue weighted by molar-refractivity contribution is -0.137. The van der Waals surface area contributed by atoms with Crippen molar-refractivity contribution < 1.29 is 22.8 Å². The lowest BCUT2D eigenvalue weighted by Gasteiger charge is -2.07. The second-order valence-electron chi connectivity index (χ2n) is 3.78. The van der Waals surface area contributed by atoms with Gasteiger partial charge in [0.1, 0.15) is 5.69 Å². The average molecular weight is 315 g/mol. The number of alkyl halides is 3. The van der Waals surface area contributed by atoms with E-state index in [1.807, 2.05) is 0 Å². The molecule has 21 heavy (non-hydrogen) atoms. The fraction of sp³-hybridized carbons (Fsp3) is 0.0833. The average Bonchev–Trinajstić information content (AvgIpc) is 2.85. The molecule has 0 saturated heterocycles. The molecule has 0 atom stereocenters. The first-order chi connectivity index (χ1) is 9.90. The number of rotatable bonds is 4. The van der Waals surface area contributed by atoms with E-state index in [2.05, 4.69) is 10.1 Å². The second kappa shape index (κ2) is 5.92. The minimum absolute atomic E-state index is 0.146. The molecule has 0 aliphatic rings. The predicted molar refractivity (Wildman–Crippen MR) is 71.2 cm³/mol. The number of carbonyl (C=O) groups excluding carboxylic acids is 1. The molecular weight excluding hydrogens is 307 g/mol. The summed E-state index contributed by atoms with van der Waals surface area (Å²) < 4.78 is 37.6. The summed E-state index contributed by atoms with van der Waals surface area (Å²) in [4.78, 5) is 19.6. The van der Waals surface area contributed by atoms with E-state index in [4.69, 9.17) is 10.6 Å². The van der Waals surface area contributed by atoms with Crippen molar-refractivity contribution in [3.8, 4) is 5.75 Å². The molecule has 0 aliphatic heterocycles. The van der Waals surface area contributed by atoms with Gasteiger partial charge in [-0.3, -0.25) is 4.79 Å². The van der Waals surface area contributed by atoms with Gasteiger partial charge in [-0.25, -0.2) is 4.98 Å². The van der Waals surface area contributed by atoms with Crippen LogP contribution in [-0.2, 0) is 11.0 Å². The van der Waals surface area contributed by atoms with Gasteiger partial charge in [-0.15, -0.1) is 11.3 Å². The first-order valence-electron chi connectivity index (χ1n) is 5.49. The Labute approximate surface area is 120 Å². The third-order valence-electron chi connectivity index (χ3n) is 2.31. The molecule has 0 fully saturated rings. The van der Waals surface area contributed by atoms with Gasteiger partial charge in [0.25, 0.3) is 0 Å². The van der Waals surface area contributed by atoms with Gasteiger partial charge in [-0.05, 0) is 18.2 Å². The van der Waals surface area contributed by atoms with Gasteiger partial charge in [0, 0.05) is 5.38 Å². The minimum Gasteiger partial charge on any atom is -0.375 e. The first-order valence-corrected chi connectivity index (χ1v) is 6.37. The lowest BCUT2D eigenvalue weighted by atomic mass is 10.2. The van der Waals surface area contributed by atoms with Gasteiger partial charge in [-0.2, -0.15) is 13.2 Å². The fourth-order valence-electron chi connectivity index (χ4n) is 1.37. The molecule has 0 spiro atoms. The number of nitrogens with two attached hydrogens (primary N) is 1. The van der Waals surface area contributed by atoms with Crippen LogP contribution in [0.3, 0.4) is 0 Å². The molecule has 0 unspecified atom stereocenters. The molecule has 110 valence electrons. The summed E-state index contributed by atoms with van der Waals surface area (Å²) in [6.07, 6.45) is -4.11. The summed E-state index contributed by atoms with van der Waals surface area (Å²) in [6.45, 7) is 0. The van der Waals surface area contributed by atoms with E-state index in [9.17, 15) is 18.0 Å². The van der Waals surface area contributed by atoms with E-state index < -0.39 is 11.7 Å². The van der Waals surface area contributed by atoms with Crippen LogP contribution >= 0.6 is 11.3 Å². The molecule has 0 amide bonds. The highest BCUT2D eigenvalue weighted by Crippen LogP contribution is 2.31. The Morgan fingerprint density at radius 3 is 2.76 bits per heavy atom. The molecule has 2 N–H and O–H groups in total. The number of carbonyl (C=O) groups is 1. The number of halogens is 3. The van der Waals surface area contributed by atoms with Crippen LogP contribution in [0.1, 0.15) is 11.3 Å². The monoisotopic (exact) mass is 315 g/mol. The number of aromatic nitrogens is 1. The number of anilines is 1. The second-order valence-corrected chi connectivity index (χ2v) is 4.67. The quantitative estimate of drug-likeness (QED) is 0.534. The van der Waals surface area contributed by atoms with Crippen molar-refractivity contribution in [2.45, 2.75) is 6.18 Å². The molecule has 1 heterocycles. The van der Waals surface area contributed by atoms with Crippen LogP contribution in [0.2, 0.25) is 0 Å². The van der Waals surface area contributed by atoms with Crippen molar-refractivity contribution in [3.05, 3.63) is 40.9 Å². The maximum atomic E-state index is 12.5. The number of thiazole rings is 1. The molecule has 1 aromatic carbocycles. The van der Waals surface area contributed by atoms with Gasteiger partial charge in [0.05, 0.1) is 5.56 Å². The Hall–Kier alpha value is -2.42. The van der Waals surface area contributed by atoms with E-state index in [1.165, 1.54) is 17.5 Å². The predicted octanol–water partition coefficient (Wildman–Crippen LogP) is 2.73. The highest BCUT2D eigenvalue weighted by atomic mass is 32.1. The molecule has 0 bridgehead atoms. The van der Waals surface area contributed by atoms with Crippen molar-refractivity contribution in [2.75, 3.05) is 5.73 Å².